The maximum Gasteiger partial charge on any atom is 0.290 e. The minimum absolute atomic E-state index is 0.0694. The van der Waals surface area contributed by atoms with E-state index >= 15 is 0 Å². The van der Waals surface area contributed by atoms with Crippen molar-refractivity contribution < 1.29 is 31.9 Å². The molecule has 0 bridgehead atoms. The summed E-state index contributed by atoms with van der Waals surface area (Å²) in [6.07, 6.45) is -0.188. The molecule has 0 unspecified atom stereocenters. The van der Waals surface area contributed by atoms with Gasteiger partial charge in [-0.3, -0.25) is 19.2 Å². The van der Waals surface area contributed by atoms with Crippen molar-refractivity contribution in [3.63, 3.8) is 0 Å². The number of ketones is 2. The molecule has 0 saturated carbocycles. The van der Waals surface area contributed by atoms with Crippen molar-refractivity contribution >= 4 is 23.2 Å². The van der Waals surface area contributed by atoms with Crippen molar-refractivity contribution in [2.24, 2.45) is 0 Å². The predicted octanol–water partition coefficient (Wildman–Crippen LogP) is 6.20. The van der Waals surface area contributed by atoms with Gasteiger partial charge in [0.2, 0.25) is 5.78 Å². The summed E-state index contributed by atoms with van der Waals surface area (Å²) in [7, 11) is 0. The third-order valence-corrected chi connectivity index (χ3v) is 8.67. The lowest BCUT2D eigenvalue weighted by Crippen LogP contribution is -2.51. The van der Waals surface area contributed by atoms with Crippen molar-refractivity contribution in [2.75, 3.05) is 31.1 Å². The third-order valence-electron chi connectivity index (χ3n) is 8.67. The van der Waals surface area contributed by atoms with Gasteiger partial charge in [0.1, 0.15) is 23.3 Å². The molecule has 0 N–H and O–H groups in total. The number of halogens is 4. The Labute approximate surface area is 285 Å². The fourth-order valence-corrected chi connectivity index (χ4v) is 6.04. The number of hydrogen-bond acceptors (Lipinski definition) is 5. The van der Waals surface area contributed by atoms with Crippen molar-refractivity contribution in [3.8, 4) is 11.1 Å². The number of amides is 1. The van der Waals surface area contributed by atoms with Crippen LogP contribution in [0.15, 0.2) is 108 Å². The number of carbonyl (C=O) groups excluding carboxylic acids is 3. The summed E-state index contributed by atoms with van der Waals surface area (Å²) < 4.78 is 58.1. The number of rotatable bonds is 10. The Hall–Kier alpha value is -5.84. The molecule has 0 atom stereocenters. The third kappa shape index (κ3) is 7.57. The van der Waals surface area contributed by atoms with Crippen LogP contribution in [0.5, 0.6) is 0 Å². The molecule has 11 heteroatoms. The van der Waals surface area contributed by atoms with Gasteiger partial charge in [-0.15, -0.1) is 0 Å². The number of benzene rings is 4. The van der Waals surface area contributed by atoms with Crippen LogP contribution in [-0.4, -0.2) is 53.1 Å². The summed E-state index contributed by atoms with van der Waals surface area (Å²) in [4.78, 5) is 56.6. The second kappa shape index (κ2) is 14.7. The number of aromatic nitrogens is 1. The maximum atomic E-state index is 14.5. The first-order valence-electron chi connectivity index (χ1n) is 15.9. The van der Waals surface area contributed by atoms with Crippen LogP contribution < -0.4 is 10.5 Å². The molecule has 5 aromatic rings. The monoisotopic (exact) mass is 681 g/mol. The van der Waals surface area contributed by atoms with Crippen LogP contribution in [0.3, 0.4) is 0 Å². The van der Waals surface area contributed by atoms with E-state index in [1.54, 1.807) is 6.07 Å². The Kier molecular flexibility index (Phi) is 10.0. The molecule has 1 fully saturated rings. The molecule has 50 heavy (non-hydrogen) atoms. The second-order valence-corrected chi connectivity index (χ2v) is 12.0. The molecule has 1 aliphatic rings. The van der Waals surface area contributed by atoms with Gasteiger partial charge in [-0.1, -0.05) is 60.7 Å². The second-order valence-electron chi connectivity index (χ2n) is 12.0. The molecule has 254 valence electrons. The van der Waals surface area contributed by atoms with Crippen LogP contribution in [0.1, 0.15) is 33.5 Å². The largest absolute Gasteiger partial charge is 0.368 e. The minimum Gasteiger partial charge on any atom is -0.368 e. The van der Waals surface area contributed by atoms with Crippen LogP contribution in [0.4, 0.5) is 23.2 Å². The van der Waals surface area contributed by atoms with E-state index in [0.717, 1.165) is 27.4 Å². The molecule has 0 spiro atoms. The van der Waals surface area contributed by atoms with E-state index < -0.39 is 70.3 Å². The summed E-state index contributed by atoms with van der Waals surface area (Å²) in [5.41, 5.74) is 1.34. The fraction of sp³-hybridized carbons (Fsp3) is 0.179. The van der Waals surface area contributed by atoms with Crippen LogP contribution in [0.2, 0.25) is 0 Å². The van der Waals surface area contributed by atoms with Crippen molar-refractivity contribution in [1.82, 2.24) is 9.47 Å². The summed E-state index contributed by atoms with van der Waals surface area (Å²) >= 11 is 0. The molecule has 1 aliphatic heterocycles. The van der Waals surface area contributed by atoms with Gasteiger partial charge in [0, 0.05) is 67.7 Å². The molecule has 0 aliphatic carbocycles. The molecule has 0 radical (unpaired) electrons. The van der Waals surface area contributed by atoms with E-state index in [0.29, 0.717) is 25.2 Å². The Morgan fingerprint density at radius 2 is 1.34 bits per heavy atom. The van der Waals surface area contributed by atoms with Gasteiger partial charge in [0.25, 0.3) is 11.5 Å². The summed E-state index contributed by atoms with van der Waals surface area (Å²) in [6, 6.07) is 25.6. The van der Waals surface area contributed by atoms with Crippen LogP contribution >= 0.6 is 0 Å². The molecular weight excluding hydrogens is 650 g/mol. The van der Waals surface area contributed by atoms with E-state index in [9.17, 15) is 36.7 Å². The van der Waals surface area contributed by atoms with Gasteiger partial charge < -0.3 is 14.4 Å². The smallest absolute Gasteiger partial charge is 0.290 e. The Bertz CT molecular complexity index is 2120. The molecule has 1 aromatic heterocycles. The number of nitrogens with zero attached hydrogens (tertiary/aromatic N) is 3. The lowest BCUT2D eigenvalue weighted by atomic mass is 10.00. The van der Waals surface area contributed by atoms with E-state index in [1.807, 2.05) is 48.5 Å². The van der Waals surface area contributed by atoms with Gasteiger partial charge in [-0.2, -0.15) is 0 Å². The van der Waals surface area contributed by atoms with E-state index in [1.165, 1.54) is 29.3 Å². The van der Waals surface area contributed by atoms with Gasteiger partial charge in [-0.25, -0.2) is 17.6 Å². The van der Waals surface area contributed by atoms with Crippen LogP contribution in [0, 0.1) is 23.3 Å². The molecule has 6 rings (SSSR count). The topological polar surface area (TPSA) is 79.7 Å². The minimum atomic E-state index is -1.17. The average Bonchev–Trinajstić information content (AvgIpc) is 3.12. The molecule has 1 amide bonds. The first kappa shape index (κ1) is 34.0. The standard InChI is InChI=1S/C39H31F4N3O4/c40-29-20-34(42)31(35(43)21-29)17-25-18-32(38(49)46(23-25)24-28-9-4-5-12-33(28)41)36(47)22-37(48)39(50)45-15-13-44(14-16-45)30-11-6-10-27(19-30)26-7-2-1-3-8-26/h1-12,18-21,23H,13-17,22,24H2. The lowest BCUT2D eigenvalue weighted by molar-refractivity contribution is -0.144. The zero-order valence-electron chi connectivity index (χ0n) is 26.8. The number of anilines is 1. The summed E-state index contributed by atoms with van der Waals surface area (Å²) in [6.45, 7) is 1.02. The highest BCUT2D eigenvalue weighted by Crippen LogP contribution is 2.26. The summed E-state index contributed by atoms with van der Waals surface area (Å²) in [5, 5.41) is 0. The molecule has 4 aromatic carbocycles. The van der Waals surface area contributed by atoms with Gasteiger partial charge in [-0.05, 0) is 41.0 Å². The Balaban J connectivity index is 1.18. The maximum absolute atomic E-state index is 14.5. The van der Waals surface area contributed by atoms with Crippen LogP contribution in [0.25, 0.3) is 11.1 Å². The van der Waals surface area contributed by atoms with Crippen molar-refractivity contribution in [3.05, 3.63) is 159 Å². The highest BCUT2D eigenvalue weighted by atomic mass is 19.1. The Morgan fingerprint density at radius 3 is 2.04 bits per heavy atom. The average molecular weight is 682 g/mol. The van der Waals surface area contributed by atoms with Gasteiger partial charge >= 0.3 is 0 Å². The molecule has 2 heterocycles. The van der Waals surface area contributed by atoms with E-state index in [4.69, 9.17) is 0 Å². The number of hydrogen-bond donors (Lipinski definition) is 0. The normalized spacial score (nSPS) is 13.0. The molecule has 1 saturated heterocycles. The number of pyridine rings is 1. The predicted molar refractivity (Wildman–Crippen MR) is 180 cm³/mol. The van der Waals surface area contributed by atoms with Gasteiger partial charge in [0.15, 0.2) is 5.78 Å². The SMILES string of the molecule is O=C(CC(=O)c1cc(Cc2c(F)cc(F)cc2F)cn(Cc2ccccc2F)c1=O)C(=O)N1CCN(c2cccc(-c3ccccc3)c2)CC1. The first-order valence-corrected chi connectivity index (χ1v) is 15.9. The zero-order chi connectivity index (χ0) is 35.4. The summed E-state index contributed by atoms with van der Waals surface area (Å²) in [5.74, 6) is -6.96. The fourth-order valence-electron chi connectivity index (χ4n) is 6.04. The zero-order valence-corrected chi connectivity index (χ0v) is 26.8. The van der Waals surface area contributed by atoms with E-state index in [2.05, 4.69) is 11.0 Å². The molecule has 7 nitrogen and oxygen atoms in total. The van der Waals surface area contributed by atoms with Crippen LogP contribution in [-0.2, 0) is 22.6 Å². The quantitative estimate of drug-likeness (QED) is 0.0760. The number of Topliss-reactive ketones (excluding diaryl/α,β-unsaturated/α-hetero) is 2. The highest BCUT2D eigenvalue weighted by Gasteiger charge is 2.29. The highest BCUT2D eigenvalue weighted by molar-refractivity contribution is 6.40. The molecular formula is C39H31F4N3O4. The first-order chi connectivity index (χ1) is 24.1. The number of piperazine rings is 1. The van der Waals surface area contributed by atoms with Gasteiger partial charge in [0.05, 0.1) is 18.5 Å². The lowest BCUT2D eigenvalue weighted by Gasteiger charge is -2.36. The van der Waals surface area contributed by atoms with Crippen molar-refractivity contribution in [2.45, 2.75) is 19.4 Å². The Morgan fingerprint density at radius 1 is 0.680 bits per heavy atom. The van der Waals surface area contributed by atoms with Crippen molar-refractivity contribution in [1.29, 1.82) is 0 Å². The number of carbonyl (C=O) groups is 3. The van der Waals surface area contributed by atoms with E-state index in [-0.39, 0.29) is 30.8 Å².